The molecule has 0 aromatic carbocycles. The molecule has 0 radical (unpaired) electrons. The second kappa shape index (κ2) is 3.83. The zero-order chi connectivity index (χ0) is 9.94. The molecule has 0 saturated heterocycles. The van der Waals surface area contributed by atoms with E-state index in [1.807, 2.05) is 0 Å². The van der Waals surface area contributed by atoms with Gasteiger partial charge in [-0.2, -0.15) is 0 Å². The predicted octanol–water partition coefficient (Wildman–Crippen LogP) is -1.71. The zero-order valence-corrected chi connectivity index (χ0v) is 7.71. The highest BCUT2D eigenvalue weighted by molar-refractivity contribution is 7.89. The lowest BCUT2D eigenvalue weighted by Gasteiger charge is -2.12. The summed E-state index contributed by atoms with van der Waals surface area (Å²) < 4.78 is 23.0. The Bertz CT molecular complexity index is 259. The molecule has 0 aromatic heterocycles. The van der Waals surface area contributed by atoms with Crippen molar-refractivity contribution in [1.29, 1.82) is 0 Å². The highest BCUT2D eigenvalue weighted by Gasteiger charge is 2.22. The molecule has 7 heteroatoms. The van der Waals surface area contributed by atoms with Gasteiger partial charge >= 0.3 is 5.97 Å². The Morgan fingerprint density at radius 2 is 2.00 bits per heavy atom. The Morgan fingerprint density at radius 1 is 1.58 bits per heavy atom. The van der Waals surface area contributed by atoms with Crippen molar-refractivity contribution < 1.29 is 18.3 Å². The van der Waals surface area contributed by atoms with E-state index >= 15 is 0 Å². The van der Waals surface area contributed by atoms with E-state index in [0.717, 1.165) is 4.31 Å². The Hall–Kier alpha value is -0.660. The van der Waals surface area contributed by atoms with E-state index < -0.39 is 27.8 Å². The van der Waals surface area contributed by atoms with Gasteiger partial charge in [0.25, 0.3) is 0 Å². The van der Waals surface area contributed by atoms with Crippen molar-refractivity contribution in [2.24, 2.45) is 5.73 Å². The third kappa shape index (κ3) is 3.16. The van der Waals surface area contributed by atoms with E-state index in [4.69, 9.17) is 10.8 Å². The molecule has 0 amide bonds. The summed E-state index contributed by atoms with van der Waals surface area (Å²) in [5.41, 5.74) is 5.04. The van der Waals surface area contributed by atoms with Crippen molar-refractivity contribution in [2.75, 3.05) is 19.8 Å². The Labute approximate surface area is 71.0 Å². The van der Waals surface area contributed by atoms with Gasteiger partial charge in [0.15, 0.2) is 0 Å². The van der Waals surface area contributed by atoms with Crippen LogP contribution in [0.5, 0.6) is 0 Å². The molecule has 0 aliphatic carbocycles. The van der Waals surface area contributed by atoms with E-state index in [1.54, 1.807) is 0 Å². The first-order chi connectivity index (χ1) is 5.27. The van der Waals surface area contributed by atoms with Crippen molar-refractivity contribution in [1.82, 2.24) is 4.31 Å². The summed E-state index contributed by atoms with van der Waals surface area (Å²) in [6.45, 7) is 0. The number of rotatable bonds is 4. The molecule has 0 fully saturated rings. The van der Waals surface area contributed by atoms with E-state index in [2.05, 4.69) is 0 Å². The number of carboxylic acids is 1. The number of carbonyl (C=O) groups is 1. The average molecular weight is 196 g/mol. The number of nitrogens with zero attached hydrogens (tertiary/aromatic N) is 1. The minimum Gasteiger partial charge on any atom is -0.480 e. The van der Waals surface area contributed by atoms with Gasteiger partial charge in [-0.3, -0.25) is 4.79 Å². The van der Waals surface area contributed by atoms with Gasteiger partial charge in [-0.25, -0.2) is 12.7 Å². The molecule has 0 aliphatic heterocycles. The third-order valence-corrected chi connectivity index (χ3v) is 3.16. The molecule has 0 saturated carbocycles. The van der Waals surface area contributed by atoms with E-state index in [0.29, 0.717) is 0 Å². The van der Waals surface area contributed by atoms with Gasteiger partial charge in [0.05, 0.1) is 5.75 Å². The quantitative estimate of drug-likeness (QED) is 0.557. The number of aliphatic carboxylic acids is 1. The highest BCUT2D eigenvalue weighted by Crippen LogP contribution is 1.96. The third-order valence-electron chi connectivity index (χ3n) is 1.26. The highest BCUT2D eigenvalue weighted by atomic mass is 32.2. The van der Waals surface area contributed by atoms with E-state index in [1.165, 1.54) is 14.1 Å². The molecule has 0 aliphatic rings. The molecule has 0 aromatic rings. The van der Waals surface area contributed by atoms with Crippen LogP contribution in [-0.2, 0) is 14.8 Å². The van der Waals surface area contributed by atoms with Crippen LogP contribution in [0.3, 0.4) is 0 Å². The molecular weight excluding hydrogens is 184 g/mol. The smallest absolute Gasteiger partial charge is 0.321 e. The topological polar surface area (TPSA) is 101 Å². The summed E-state index contributed by atoms with van der Waals surface area (Å²) in [6, 6.07) is -1.36. The lowest BCUT2D eigenvalue weighted by molar-refractivity contribution is -0.137. The first-order valence-electron chi connectivity index (χ1n) is 3.16. The summed E-state index contributed by atoms with van der Waals surface area (Å²) in [7, 11) is -0.868. The van der Waals surface area contributed by atoms with Crippen LogP contribution in [0, 0.1) is 0 Å². The van der Waals surface area contributed by atoms with Gasteiger partial charge in [0, 0.05) is 14.1 Å². The Morgan fingerprint density at radius 3 is 2.25 bits per heavy atom. The van der Waals surface area contributed by atoms with Gasteiger partial charge in [0.1, 0.15) is 6.04 Å². The molecule has 0 spiro atoms. The SMILES string of the molecule is CN(C)S(=O)(=O)CC(N)C(=O)O. The van der Waals surface area contributed by atoms with E-state index in [-0.39, 0.29) is 0 Å². The second-order valence-corrected chi connectivity index (χ2v) is 4.73. The van der Waals surface area contributed by atoms with Gasteiger partial charge in [-0.15, -0.1) is 0 Å². The maximum Gasteiger partial charge on any atom is 0.321 e. The van der Waals surface area contributed by atoms with Crippen molar-refractivity contribution in [2.45, 2.75) is 6.04 Å². The Kier molecular flexibility index (Phi) is 3.62. The minimum atomic E-state index is -3.51. The molecule has 12 heavy (non-hydrogen) atoms. The van der Waals surface area contributed by atoms with Crippen LogP contribution in [0.4, 0.5) is 0 Å². The summed E-state index contributed by atoms with van der Waals surface area (Å²) >= 11 is 0. The summed E-state index contributed by atoms with van der Waals surface area (Å²) in [5.74, 6) is -1.89. The lowest BCUT2D eigenvalue weighted by atomic mass is 10.4. The normalized spacial score (nSPS) is 14.7. The van der Waals surface area contributed by atoms with Crippen LogP contribution in [0.2, 0.25) is 0 Å². The molecule has 1 unspecified atom stereocenters. The number of hydrogen-bond acceptors (Lipinski definition) is 4. The van der Waals surface area contributed by atoms with Crippen LogP contribution in [0.25, 0.3) is 0 Å². The number of hydrogen-bond donors (Lipinski definition) is 2. The van der Waals surface area contributed by atoms with Crippen LogP contribution >= 0.6 is 0 Å². The first kappa shape index (κ1) is 11.3. The summed E-state index contributed by atoms with van der Waals surface area (Å²) in [5, 5.41) is 8.32. The van der Waals surface area contributed by atoms with E-state index in [9.17, 15) is 13.2 Å². The number of nitrogens with two attached hydrogens (primary N) is 1. The maximum absolute atomic E-state index is 11.0. The molecule has 1 atom stereocenters. The number of sulfonamides is 1. The van der Waals surface area contributed by atoms with Gasteiger partial charge in [-0.1, -0.05) is 0 Å². The fourth-order valence-electron chi connectivity index (χ4n) is 0.447. The van der Waals surface area contributed by atoms with Crippen LogP contribution in [0.15, 0.2) is 0 Å². The molecule has 0 rings (SSSR count). The fourth-order valence-corrected chi connectivity index (χ4v) is 1.34. The Balaban J connectivity index is 4.37. The standard InChI is InChI=1S/C5H12N2O4S/c1-7(2)12(10,11)3-4(6)5(8)9/h4H,3,6H2,1-2H3,(H,8,9). The lowest BCUT2D eigenvalue weighted by Crippen LogP contribution is -2.41. The summed E-state index contributed by atoms with van der Waals surface area (Å²) in [4.78, 5) is 10.2. The number of carboxylic acid groups (broad SMARTS) is 1. The van der Waals surface area contributed by atoms with Crippen molar-refractivity contribution >= 4 is 16.0 Å². The van der Waals surface area contributed by atoms with Crippen LogP contribution in [-0.4, -0.2) is 49.7 Å². The molecule has 3 N–H and O–H groups in total. The molecule has 6 nitrogen and oxygen atoms in total. The van der Waals surface area contributed by atoms with Crippen LogP contribution < -0.4 is 5.73 Å². The molecule has 72 valence electrons. The second-order valence-electron chi connectivity index (χ2n) is 2.51. The monoisotopic (exact) mass is 196 g/mol. The van der Waals surface area contributed by atoms with Crippen LogP contribution in [0.1, 0.15) is 0 Å². The molecule has 0 bridgehead atoms. The molecular formula is C5H12N2O4S. The van der Waals surface area contributed by atoms with Gasteiger partial charge in [0.2, 0.25) is 10.0 Å². The van der Waals surface area contributed by atoms with Gasteiger partial charge < -0.3 is 10.8 Å². The predicted molar refractivity (Wildman–Crippen MR) is 43.1 cm³/mol. The maximum atomic E-state index is 11.0. The average Bonchev–Trinajstić information content (AvgIpc) is 1.85. The fraction of sp³-hybridized carbons (Fsp3) is 0.800. The van der Waals surface area contributed by atoms with Gasteiger partial charge in [-0.05, 0) is 0 Å². The largest absolute Gasteiger partial charge is 0.480 e. The first-order valence-corrected chi connectivity index (χ1v) is 4.77. The summed E-state index contributed by atoms with van der Waals surface area (Å²) in [6.07, 6.45) is 0. The minimum absolute atomic E-state index is 0.574. The van der Waals surface area contributed by atoms with Crippen molar-refractivity contribution in [3.8, 4) is 0 Å². The zero-order valence-electron chi connectivity index (χ0n) is 6.89. The van der Waals surface area contributed by atoms with Crippen molar-refractivity contribution in [3.05, 3.63) is 0 Å². The van der Waals surface area contributed by atoms with Crippen molar-refractivity contribution in [3.63, 3.8) is 0 Å². The molecule has 0 heterocycles.